The lowest BCUT2D eigenvalue weighted by Crippen LogP contribution is -2.29. The molecule has 11 heavy (non-hydrogen) atoms. The molecule has 0 bridgehead atoms. The minimum Gasteiger partial charge on any atom is -0.381 e. The highest BCUT2D eigenvalue weighted by Crippen LogP contribution is 2.39. The molecule has 1 unspecified atom stereocenters. The van der Waals surface area contributed by atoms with E-state index < -0.39 is 0 Å². The Kier molecular flexibility index (Phi) is 2.58. The smallest absolute Gasteiger partial charge is 0.0500 e. The quantitative estimate of drug-likeness (QED) is 0.597. The van der Waals surface area contributed by atoms with Crippen molar-refractivity contribution < 1.29 is 4.74 Å². The zero-order valence-electron chi connectivity index (χ0n) is 8.18. The molecule has 1 atom stereocenters. The largest absolute Gasteiger partial charge is 0.381 e. The van der Waals surface area contributed by atoms with Crippen LogP contribution in [0.3, 0.4) is 0 Å². The Labute approximate surface area is 70.1 Å². The van der Waals surface area contributed by atoms with Gasteiger partial charge in [0.25, 0.3) is 0 Å². The first-order valence-electron chi connectivity index (χ1n) is 4.63. The van der Waals surface area contributed by atoms with Crippen LogP contribution in [0.15, 0.2) is 0 Å². The summed E-state index contributed by atoms with van der Waals surface area (Å²) in [5, 5.41) is 0. The Bertz CT molecular complexity index is 121. The van der Waals surface area contributed by atoms with E-state index in [1.807, 2.05) is 0 Å². The van der Waals surface area contributed by atoms with Gasteiger partial charge in [-0.25, -0.2) is 0 Å². The third-order valence-electron chi connectivity index (χ3n) is 3.47. The molecule has 1 heteroatoms. The van der Waals surface area contributed by atoms with Crippen molar-refractivity contribution in [2.75, 3.05) is 13.2 Å². The summed E-state index contributed by atoms with van der Waals surface area (Å²) in [6.45, 7) is 11.3. The number of hydrogen-bond acceptors (Lipinski definition) is 1. The molecule has 1 heterocycles. The molecule has 0 aromatic rings. The molecule has 0 saturated carbocycles. The maximum atomic E-state index is 5.39. The Morgan fingerprint density at radius 1 is 1.36 bits per heavy atom. The van der Waals surface area contributed by atoms with Gasteiger partial charge < -0.3 is 4.74 Å². The molecule has 1 aliphatic heterocycles. The lowest BCUT2D eigenvalue weighted by Gasteiger charge is -2.34. The van der Waals surface area contributed by atoms with Crippen molar-refractivity contribution >= 4 is 0 Å². The van der Waals surface area contributed by atoms with E-state index >= 15 is 0 Å². The maximum absolute atomic E-state index is 5.39. The van der Waals surface area contributed by atoms with Gasteiger partial charge in [0.05, 0.1) is 0 Å². The summed E-state index contributed by atoms with van der Waals surface area (Å²) in [5.74, 6) is 1.54. The summed E-state index contributed by atoms with van der Waals surface area (Å²) in [5.41, 5.74) is 0.455. The first-order chi connectivity index (χ1) is 5.05. The zero-order valence-corrected chi connectivity index (χ0v) is 8.18. The standard InChI is InChI=1S/C10H20O/c1-8(2)10(3,4)9-5-6-11-7-9/h8-9H,5-7H2,1-4H3. The molecule has 1 fully saturated rings. The first kappa shape index (κ1) is 9.05. The second kappa shape index (κ2) is 3.14. The van der Waals surface area contributed by atoms with Gasteiger partial charge >= 0.3 is 0 Å². The molecule has 0 amide bonds. The molecular formula is C10H20O. The van der Waals surface area contributed by atoms with Gasteiger partial charge in [0, 0.05) is 13.2 Å². The minimum absolute atomic E-state index is 0.455. The summed E-state index contributed by atoms with van der Waals surface area (Å²) < 4.78 is 5.39. The summed E-state index contributed by atoms with van der Waals surface area (Å²) >= 11 is 0. The lowest BCUT2D eigenvalue weighted by molar-refractivity contribution is 0.107. The number of ether oxygens (including phenoxy) is 1. The summed E-state index contributed by atoms with van der Waals surface area (Å²) in [6.07, 6.45) is 1.26. The molecule has 66 valence electrons. The first-order valence-corrected chi connectivity index (χ1v) is 4.63. The normalized spacial score (nSPS) is 26.5. The van der Waals surface area contributed by atoms with E-state index in [1.54, 1.807) is 0 Å². The predicted octanol–water partition coefficient (Wildman–Crippen LogP) is 2.71. The van der Waals surface area contributed by atoms with Crippen molar-refractivity contribution in [1.29, 1.82) is 0 Å². The van der Waals surface area contributed by atoms with Gasteiger partial charge in [0.2, 0.25) is 0 Å². The van der Waals surface area contributed by atoms with Crippen LogP contribution in [0.25, 0.3) is 0 Å². The van der Waals surface area contributed by atoms with Gasteiger partial charge in [-0.15, -0.1) is 0 Å². The van der Waals surface area contributed by atoms with Crippen molar-refractivity contribution in [2.45, 2.75) is 34.1 Å². The van der Waals surface area contributed by atoms with Crippen LogP contribution in [0, 0.1) is 17.3 Å². The third kappa shape index (κ3) is 1.76. The Morgan fingerprint density at radius 2 is 2.00 bits per heavy atom. The van der Waals surface area contributed by atoms with E-state index in [0.717, 1.165) is 25.0 Å². The Hall–Kier alpha value is -0.0400. The van der Waals surface area contributed by atoms with E-state index in [2.05, 4.69) is 27.7 Å². The molecule has 1 aliphatic rings. The van der Waals surface area contributed by atoms with Crippen LogP contribution < -0.4 is 0 Å². The van der Waals surface area contributed by atoms with Gasteiger partial charge in [-0.1, -0.05) is 27.7 Å². The van der Waals surface area contributed by atoms with Crippen LogP contribution in [0.2, 0.25) is 0 Å². The molecule has 0 radical (unpaired) electrons. The van der Waals surface area contributed by atoms with Crippen LogP contribution >= 0.6 is 0 Å². The average Bonchev–Trinajstić information content (AvgIpc) is 2.37. The highest BCUT2D eigenvalue weighted by molar-refractivity contribution is 4.83. The van der Waals surface area contributed by atoms with E-state index in [-0.39, 0.29) is 0 Å². The van der Waals surface area contributed by atoms with Gasteiger partial charge in [-0.3, -0.25) is 0 Å². The van der Waals surface area contributed by atoms with Crippen molar-refractivity contribution in [1.82, 2.24) is 0 Å². The summed E-state index contributed by atoms with van der Waals surface area (Å²) in [4.78, 5) is 0. The van der Waals surface area contributed by atoms with Crippen molar-refractivity contribution in [3.05, 3.63) is 0 Å². The molecule has 1 rings (SSSR count). The topological polar surface area (TPSA) is 9.23 Å². The molecule has 0 spiro atoms. The van der Waals surface area contributed by atoms with Gasteiger partial charge in [-0.2, -0.15) is 0 Å². The van der Waals surface area contributed by atoms with Crippen molar-refractivity contribution in [3.63, 3.8) is 0 Å². The summed E-state index contributed by atoms with van der Waals surface area (Å²) in [6, 6.07) is 0. The zero-order chi connectivity index (χ0) is 8.48. The average molecular weight is 156 g/mol. The van der Waals surface area contributed by atoms with Crippen molar-refractivity contribution in [2.24, 2.45) is 17.3 Å². The second-order valence-corrected chi connectivity index (χ2v) is 4.54. The molecular weight excluding hydrogens is 136 g/mol. The van der Waals surface area contributed by atoms with Crippen LogP contribution in [0.1, 0.15) is 34.1 Å². The molecule has 0 N–H and O–H groups in total. The number of rotatable bonds is 2. The Morgan fingerprint density at radius 3 is 2.36 bits per heavy atom. The fourth-order valence-corrected chi connectivity index (χ4v) is 1.59. The fraction of sp³-hybridized carbons (Fsp3) is 1.00. The van der Waals surface area contributed by atoms with Crippen molar-refractivity contribution in [3.8, 4) is 0 Å². The van der Waals surface area contributed by atoms with E-state index in [9.17, 15) is 0 Å². The van der Waals surface area contributed by atoms with Gasteiger partial charge in [0.15, 0.2) is 0 Å². The lowest BCUT2D eigenvalue weighted by atomic mass is 9.70. The molecule has 0 aromatic heterocycles. The SMILES string of the molecule is CC(C)C(C)(C)C1CCOC1. The molecule has 0 aromatic carbocycles. The molecule has 1 saturated heterocycles. The fourth-order valence-electron chi connectivity index (χ4n) is 1.59. The van der Waals surface area contributed by atoms with E-state index in [0.29, 0.717) is 5.41 Å². The summed E-state index contributed by atoms with van der Waals surface area (Å²) in [7, 11) is 0. The van der Waals surface area contributed by atoms with Gasteiger partial charge in [0.1, 0.15) is 0 Å². The van der Waals surface area contributed by atoms with Crippen LogP contribution in [-0.2, 0) is 4.74 Å². The maximum Gasteiger partial charge on any atom is 0.0500 e. The van der Waals surface area contributed by atoms with Crippen LogP contribution in [0.5, 0.6) is 0 Å². The highest BCUT2D eigenvalue weighted by Gasteiger charge is 2.34. The monoisotopic (exact) mass is 156 g/mol. The third-order valence-corrected chi connectivity index (χ3v) is 3.47. The van der Waals surface area contributed by atoms with Crippen LogP contribution in [0.4, 0.5) is 0 Å². The van der Waals surface area contributed by atoms with Crippen LogP contribution in [-0.4, -0.2) is 13.2 Å². The van der Waals surface area contributed by atoms with E-state index in [4.69, 9.17) is 4.74 Å². The minimum atomic E-state index is 0.455. The Balaban J connectivity index is 2.55. The second-order valence-electron chi connectivity index (χ2n) is 4.54. The van der Waals surface area contributed by atoms with E-state index in [1.165, 1.54) is 6.42 Å². The predicted molar refractivity (Wildman–Crippen MR) is 47.5 cm³/mol. The number of hydrogen-bond donors (Lipinski definition) is 0. The highest BCUT2D eigenvalue weighted by atomic mass is 16.5. The molecule has 0 aliphatic carbocycles. The van der Waals surface area contributed by atoms with Gasteiger partial charge in [-0.05, 0) is 23.7 Å². The molecule has 1 nitrogen and oxygen atoms in total.